The molecule has 0 aliphatic rings. The molecule has 0 N–H and O–H groups in total. The summed E-state index contributed by atoms with van der Waals surface area (Å²) in [4.78, 5) is 20.2. The van der Waals surface area contributed by atoms with Crippen LogP contribution in [0.25, 0.3) is 11.3 Å². The van der Waals surface area contributed by atoms with Gasteiger partial charge in [0, 0.05) is 12.6 Å². The lowest BCUT2D eigenvalue weighted by Gasteiger charge is -2.17. The third-order valence-electron chi connectivity index (χ3n) is 3.04. The van der Waals surface area contributed by atoms with Crippen LogP contribution in [0.4, 0.5) is 10.3 Å². The van der Waals surface area contributed by atoms with Gasteiger partial charge in [-0.15, -0.1) is 0 Å². The molecule has 0 fully saturated rings. The second-order valence-electron chi connectivity index (χ2n) is 4.97. The largest absolute Gasteiger partial charge is 0.298 e. The van der Waals surface area contributed by atoms with Crippen LogP contribution < -0.4 is 4.31 Å². The van der Waals surface area contributed by atoms with E-state index in [0.29, 0.717) is 28.5 Å². The number of benzene rings is 1. The van der Waals surface area contributed by atoms with E-state index in [-0.39, 0.29) is 11.7 Å². The Morgan fingerprint density at radius 1 is 1.24 bits per heavy atom. The molecule has 0 saturated carbocycles. The second-order valence-corrected chi connectivity index (χ2v) is 5.57. The minimum Gasteiger partial charge on any atom is -0.298 e. The Kier molecular flexibility index (Phi) is 4.57. The zero-order chi connectivity index (χ0) is 15.6. The number of hydrogen-bond donors (Lipinski definition) is 1. The van der Waals surface area contributed by atoms with Crippen molar-refractivity contribution in [1.82, 2.24) is 9.97 Å². The molecule has 0 bridgehead atoms. The highest BCUT2D eigenvalue weighted by atomic mass is 32.1. The summed E-state index contributed by atoms with van der Waals surface area (Å²) in [6, 6.07) is 5.87. The molecule has 0 aliphatic carbocycles. The van der Waals surface area contributed by atoms with Crippen LogP contribution in [0, 0.1) is 5.82 Å². The molecule has 6 heteroatoms. The summed E-state index contributed by atoms with van der Waals surface area (Å²) in [6.07, 6.45) is 0.746. The fourth-order valence-corrected chi connectivity index (χ4v) is 2.09. The molecule has 0 saturated heterocycles. The van der Waals surface area contributed by atoms with E-state index in [1.807, 2.05) is 13.8 Å². The highest BCUT2D eigenvalue weighted by Gasteiger charge is 2.18. The van der Waals surface area contributed by atoms with E-state index >= 15 is 0 Å². The molecule has 2 rings (SSSR count). The van der Waals surface area contributed by atoms with Crippen LogP contribution in [0.1, 0.15) is 35.8 Å². The van der Waals surface area contributed by atoms with Gasteiger partial charge in [0.1, 0.15) is 5.82 Å². The van der Waals surface area contributed by atoms with E-state index in [2.05, 4.69) is 22.8 Å². The molecule has 1 heterocycles. The molecule has 0 unspecified atom stereocenters. The van der Waals surface area contributed by atoms with Gasteiger partial charge < -0.3 is 0 Å². The first-order chi connectivity index (χ1) is 9.93. The topological polar surface area (TPSA) is 46.1 Å². The molecule has 0 aliphatic heterocycles. The minimum absolute atomic E-state index is 0.0550. The minimum atomic E-state index is -0.337. The Morgan fingerprint density at radius 3 is 2.33 bits per heavy atom. The lowest BCUT2D eigenvalue weighted by Crippen LogP contribution is -2.12. The number of aldehydes is 1. The molecule has 110 valence electrons. The van der Waals surface area contributed by atoms with Crippen LogP contribution in [0.5, 0.6) is 0 Å². The van der Waals surface area contributed by atoms with Gasteiger partial charge in [-0.05, 0) is 30.2 Å². The monoisotopic (exact) mass is 305 g/mol. The summed E-state index contributed by atoms with van der Waals surface area (Å²) in [5.74, 6) is 0.113. The van der Waals surface area contributed by atoms with Gasteiger partial charge in [-0.25, -0.2) is 14.4 Å². The fourth-order valence-electron chi connectivity index (χ4n) is 2.00. The van der Waals surface area contributed by atoms with E-state index in [0.717, 1.165) is 6.29 Å². The van der Waals surface area contributed by atoms with Gasteiger partial charge in [-0.2, -0.15) is 0 Å². The van der Waals surface area contributed by atoms with Crippen LogP contribution in [-0.2, 0) is 0 Å². The van der Waals surface area contributed by atoms with E-state index in [1.54, 1.807) is 19.2 Å². The summed E-state index contributed by atoms with van der Waals surface area (Å²) >= 11 is 4.20. The third-order valence-corrected chi connectivity index (χ3v) is 3.21. The number of anilines is 1. The molecular weight excluding hydrogens is 289 g/mol. The van der Waals surface area contributed by atoms with E-state index in [1.165, 1.54) is 16.4 Å². The van der Waals surface area contributed by atoms with Gasteiger partial charge in [0.25, 0.3) is 0 Å². The maximum absolute atomic E-state index is 13.1. The van der Waals surface area contributed by atoms with Crippen molar-refractivity contribution in [1.29, 1.82) is 0 Å². The lowest BCUT2D eigenvalue weighted by molar-refractivity contribution is 0.112. The van der Waals surface area contributed by atoms with E-state index in [4.69, 9.17) is 0 Å². The fraction of sp³-hybridized carbons (Fsp3) is 0.267. The van der Waals surface area contributed by atoms with Crippen LogP contribution in [-0.4, -0.2) is 23.3 Å². The van der Waals surface area contributed by atoms with Gasteiger partial charge in [0.15, 0.2) is 6.29 Å². The SMILES string of the molecule is CC(C)c1nc(N(C)S)nc(-c2ccc(F)cc2)c1C=O. The predicted molar refractivity (Wildman–Crippen MR) is 84.3 cm³/mol. The molecule has 1 aromatic carbocycles. The van der Waals surface area contributed by atoms with Crippen molar-refractivity contribution >= 4 is 25.0 Å². The molecule has 21 heavy (non-hydrogen) atoms. The molecule has 2 aromatic rings. The standard InChI is InChI=1S/C15H16FN3OS/c1-9(2)13-12(8-20)14(18-15(17-13)19(3)21)10-4-6-11(16)7-5-10/h4-9,21H,1-3H3. The Labute approximate surface area is 128 Å². The number of carbonyl (C=O) groups is 1. The number of aromatic nitrogens is 2. The van der Waals surface area contributed by atoms with E-state index < -0.39 is 0 Å². The normalized spacial score (nSPS) is 10.8. The first kappa shape index (κ1) is 15.4. The summed E-state index contributed by atoms with van der Waals surface area (Å²) in [5.41, 5.74) is 2.23. The Balaban J connectivity index is 2.72. The van der Waals surface area contributed by atoms with Crippen molar-refractivity contribution in [2.75, 3.05) is 11.4 Å². The van der Waals surface area contributed by atoms with Gasteiger partial charge >= 0.3 is 0 Å². The highest BCUT2D eigenvalue weighted by molar-refractivity contribution is 7.81. The molecule has 4 nitrogen and oxygen atoms in total. The maximum atomic E-state index is 13.1. The first-order valence-electron chi connectivity index (χ1n) is 6.49. The van der Waals surface area contributed by atoms with Gasteiger partial charge in [0.2, 0.25) is 5.95 Å². The highest BCUT2D eigenvalue weighted by Crippen LogP contribution is 2.28. The Bertz CT molecular complexity index is 657. The average Bonchev–Trinajstić information content (AvgIpc) is 2.46. The summed E-state index contributed by atoms with van der Waals surface area (Å²) in [7, 11) is 1.71. The number of carbonyl (C=O) groups excluding carboxylic acids is 1. The van der Waals surface area contributed by atoms with Crippen LogP contribution >= 0.6 is 12.8 Å². The number of rotatable bonds is 4. The smallest absolute Gasteiger partial charge is 0.235 e. The van der Waals surface area contributed by atoms with Crippen LogP contribution in [0.2, 0.25) is 0 Å². The van der Waals surface area contributed by atoms with Crippen molar-refractivity contribution in [3.05, 3.63) is 41.3 Å². The van der Waals surface area contributed by atoms with Crippen molar-refractivity contribution in [3.8, 4) is 11.3 Å². The molecule has 0 amide bonds. The zero-order valence-corrected chi connectivity index (χ0v) is 12.9. The molecular formula is C15H16FN3OS. The van der Waals surface area contributed by atoms with Gasteiger partial charge in [0.05, 0.1) is 17.0 Å². The van der Waals surface area contributed by atoms with Crippen LogP contribution in [0.15, 0.2) is 24.3 Å². The Morgan fingerprint density at radius 2 is 1.86 bits per heavy atom. The van der Waals surface area contributed by atoms with Crippen molar-refractivity contribution in [2.24, 2.45) is 0 Å². The van der Waals surface area contributed by atoms with Gasteiger partial charge in [-0.1, -0.05) is 26.7 Å². The number of nitrogens with zero attached hydrogens (tertiary/aromatic N) is 3. The molecule has 0 spiro atoms. The quantitative estimate of drug-likeness (QED) is 0.693. The predicted octanol–water partition coefficient (Wildman–Crippen LogP) is 3.50. The molecule has 0 radical (unpaired) electrons. The summed E-state index contributed by atoms with van der Waals surface area (Å²) in [5, 5.41) is 0. The zero-order valence-electron chi connectivity index (χ0n) is 12.0. The molecule has 0 atom stereocenters. The number of thiol groups is 1. The number of halogens is 1. The van der Waals surface area contributed by atoms with E-state index in [9.17, 15) is 9.18 Å². The molecule has 1 aromatic heterocycles. The first-order valence-corrected chi connectivity index (χ1v) is 6.89. The number of hydrogen-bond acceptors (Lipinski definition) is 5. The van der Waals surface area contributed by atoms with Crippen molar-refractivity contribution < 1.29 is 9.18 Å². The van der Waals surface area contributed by atoms with Crippen LogP contribution in [0.3, 0.4) is 0 Å². The maximum Gasteiger partial charge on any atom is 0.235 e. The Hall–Kier alpha value is -1.95. The van der Waals surface area contributed by atoms with Crippen molar-refractivity contribution in [2.45, 2.75) is 19.8 Å². The lowest BCUT2D eigenvalue weighted by atomic mass is 9.99. The van der Waals surface area contributed by atoms with Gasteiger partial charge in [-0.3, -0.25) is 9.10 Å². The second kappa shape index (κ2) is 6.22. The summed E-state index contributed by atoms with van der Waals surface area (Å²) in [6.45, 7) is 3.90. The average molecular weight is 305 g/mol. The van der Waals surface area contributed by atoms with Crippen molar-refractivity contribution in [3.63, 3.8) is 0 Å². The summed E-state index contributed by atoms with van der Waals surface area (Å²) < 4.78 is 14.6. The third kappa shape index (κ3) is 3.21.